The minimum absolute atomic E-state index is 0.0795. The largest absolute Gasteiger partial charge is 0.396 e. The summed E-state index contributed by atoms with van der Waals surface area (Å²) in [6, 6.07) is 0. The lowest BCUT2D eigenvalue weighted by Crippen LogP contribution is -2.54. The molecule has 0 radical (unpaired) electrons. The van der Waals surface area contributed by atoms with E-state index in [0.717, 1.165) is 43.4 Å². The highest BCUT2D eigenvalue weighted by atomic mass is 16.3. The fourth-order valence-electron chi connectivity index (χ4n) is 9.21. The monoisotopic (exact) mass is 428 g/mol. The number of fused-ring (bicyclic) bond motifs is 5. The van der Waals surface area contributed by atoms with Gasteiger partial charge in [-0.25, -0.2) is 0 Å². The molecule has 0 saturated heterocycles. The van der Waals surface area contributed by atoms with E-state index >= 15 is 0 Å². The highest BCUT2D eigenvalue weighted by Gasteiger charge is 2.61. The SMILES string of the molecule is CC(C)=CCC[C@@H](CO)[C@H]1CC[C@H]2[C@@H]3CC=C4C(C)(C)[C@@H](O)CC[C@]4(C)[C@H]3CC[C@]12C. The average Bonchev–Trinajstić information content (AvgIpc) is 3.05. The van der Waals surface area contributed by atoms with Crippen molar-refractivity contribution in [3.63, 3.8) is 0 Å². The minimum atomic E-state index is -0.195. The lowest BCUT2D eigenvalue weighted by Gasteiger charge is -2.61. The van der Waals surface area contributed by atoms with Crippen LogP contribution in [0.2, 0.25) is 0 Å². The second kappa shape index (κ2) is 8.32. The van der Waals surface area contributed by atoms with E-state index in [1.165, 1.54) is 37.7 Å². The third-order valence-electron chi connectivity index (χ3n) is 10.9. The molecule has 0 aromatic rings. The average molecular weight is 429 g/mol. The van der Waals surface area contributed by atoms with E-state index in [4.69, 9.17) is 0 Å². The molecule has 2 N–H and O–H groups in total. The molecule has 0 amide bonds. The highest BCUT2D eigenvalue weighted by Crippen LogP contribution is 2.68. The number of hydrogen-bond donors (Lipinski definition) is 2. The summed E-state index contributed by atoms with van der Waals surface area (Å²) >= 11 is 0. The summed E-state index contributed by atoms with van der Waals surface area (Å²) in [5.41, 5.74) is 3.54. The van der Waals surface area contributed by atoms with Gasteiger partial charge in [-0.15, -0.1) is 0 Å². The fraction of sp³-hybridized carbons (Fsp3) is 0.862. The predicted molar refractivity (Wildman–Crippen MR) is 130 cm³/mol. The molecule has 4 aliphatic rings. The first-order chi connectivity index (χ1) is 14.6. The zero-order valence-electron chi connectivity index (χ0n) is 21.1. The summed E-state index contributed by atoms with van der Waals surface area (Å²) in [7, 11) is 0. The molecule has 0 aromatic carbocycles. The van der Waals surface area contributed by atoms with Crippen molar-refractivity contribution in [2.75, 3.05) is 6.61 Å². The van der Waals surface area contributed by atoms with Gasteiger partial charge in [-0.05, 0) is 112 Å². The lowest BCUT2D eigenvalue weighted by atomic mass is 9.44. The van der Waals surface area contributed by atoms with Crippen LogP contribution in [0.5, 0.6) is 0 Å². The first-order valence-electron chi connectivity index (χ1n) is 13.2. The van der Waals surface area contributed by atoms with Crippen LogP contribution < -0.4 is 0 Å². The standard InChI is InChI=1S/C29H48O2/c1-19(2)8-7-9-20(18-30)22-11-12-23-21-10-13-25-27(3,4)26(31)15-17-29(25,6)24(21)14-16-28(22,23)5/h8,13,20-24,26,30-31H,7,9-12,14-18H2,1-6H3/t20-,21-,22+,23-,24-,26-,28+,29+/m0/s1. The quantitative estimate of drug-likeness (QED) is 0.467. The van der Waals surface area contributed by atoms with Gasteiger partial charge in [-0.1, -0.05) is 51.0 Å². The Morgan fingerprint density at radius 2 is 1.81 bits per heavy atom. The summed E-state index contributed by atoms with van der Waals surface area (Å²) in [5.74, 6) is 3.50. The highest BCUT2D eigenvalue weighted by molar-refractivity contribution is 5.31. The third kappa shape index (κ3) is 3.68. The van der Waals surface area contributed by atoms with Crippen molar-refractivity contribution in [2.45, 2.75) is 105 Å². The Morgan fingerprint density at radius 3 is 2.48 bits per heavy atom. The van der Waals surface area contributed by atoms with E-state index in [9.17, 15) is 10.2 Å². The van der Waals surface area contributed by atoms with Crippen LogP contribution >= 0.6 is 0 Å². The summed E-state index contributed by atoms with van der Waals surface area (Å²) in [4.78, 5) is 0. The molecule has 31 heavy (non-hydrogen) atoms. The molecule has 3 saturated carbocycles. The van der Waals surface area contributed by atoms with Crippen molar-refractivity contribution in [1.82, 2.24) is 0 Å². The van der Waals surface area contributed by atoms with Crippen molar-refractivity contribution in [2.24, 2.45) is 45.8 Å². The second-order valence-corrected chi connectivity index (χ2v) is 13.0. The van der Waals surface area contributed by atoms with E-state index < -0.39 is 0 Å². The van der Waals surface area contributed by atoms with Crippen LogP contribution in [-0.2, 0) is 0 Å². The van der Waals surface area contributed by atoms with Crippen LogP contribution in [0.4, 0.5) is 0 Å². The molecular formula is C29H48O2. The molecule has 3 fully saturated rings. The van der Waals surface area contributed by atoms with Crippen molar-refractivity contribution < 1.29 is 10.2 Å². The molecule has 8 atom stereocenters. The first-order valence-corrected chi connectivity index (χ1v) is 13.2. The second-order valence-electron chi connectivity index (χ2n) is 13.0. The normalized spacial score (nSPS) is 44.5. The Balaban J connectivity index is 1.57. The maximum absolute atomic E-state index is 10.7. The topological polar surface area (TPSA) is 40.5 Å². The summed E-state index contributed by atoms with van der Waals surface area (Å²) in [5, 5.41) is 21.0. The van der Waals surface area contributed by atoms with E-state index in [0.29, 0.717) is 23.9 Å². The summed E-state index contributed by atoms with van der Waals surface area (Å²) in [6.45, 7) is 14.4. The van der Waals surface area contributed by atoms with E-state index in [2.05, 4.69) is 53.7 Å². The van der Waals surface area contributed by atoms with Gasteiger partial charge in [0.05, 0.1) is 6.10 Å². The molecule has 2 nitrogen and oxygen atoms in total. The maximum atomic E-state index is 10.7. The van der Waals surface area contributed by atoms with E-state index in [1.807, 2.05) is 0 Å². The van der Waals surface area contributed by atoms with E-state index in [-0.39, 0.29) is 16.9 Å². The van der Waals surface area contributed by atoms with Gasteiger partial charge in [0.2, 0.25) is 0 Å². The van der Waals surface area contributed by atoms with Gasteiger partial charge in [-0.3, -0.25) is 0 Å². The Labute approximate surface area is 191 Å². The molecule has 4 aliphatic carbocycles. The molecule has 0 aliphatic heterocycles. The van der Waals surface area contributed by atoms with Gasteiger partial charge in [0.25, 0.3) is 0 Å². The third-order valence-corrected chi connectivity index (χ3v) is 10.9. The van der Waals surface area contributed by atoms with Gasteiger partial charge in [-0.2, -0.15) is 0 Å². The zero-order valence-corrected chi connectivity index (χ0v) is 21.1. The molecule has 0 unspecified atom stereocenters. The lowest BCUT2D eigenvalue weighted by molar-refractivity contribution is -0.0810. The molecule has 176 valence electrons. The molecule has 0 spiro atoms. The predicted octanol–water partition coefficient (Wildman–Crippen LogP) is 6.92. The van der Waals surface area contributed by atoms with Crippen molar-refractivity contribution in [1.29, 1.82) is 0 Å². The summed E-state index contributed by atoms with van der Waals surface area (Å²) < 4.78 is 0. The number of aliphatic hydroxyl groups excluding tert-OH is 2. The number of aliphatic hydroxyl groups is 2. The molecule has 0 aromatic heterocycles. The van der Waals surface area contributed by atoms with E-state index in [1.54, 1.807) is 5.57 Å². The van der Waals surface area contributed by atoms with Crippen LogP contribution in [0.1, 0.15) is 99.3 Å². The number of hydrogen-bond acceptors (Lipinski definition) is 2. The van der Waals surface area contributed by atoms with Crippen molar-refractivity contribution >= 4 is 0 Å². The van der Waals surface area contributed by atoms with Gasteiger partial charge >= 0.3 is 0 Å². The molecule has 0 bridgehead atoms. The fourth-order valence-corrected chi connectivity index (χ4v) is 9.21. The van der Waals surface area contributed by atoms with Crippen LogP contribution in [0.15, 0.2) is 23.3 Å². The van der Waals surface area contributed by atoms with Crippen LogP contribution in [-0.4, -0.2) is 22.9 Å². The molecular weight excluding hydrogens is 380 g/mol. The van der Waals surface area contributed by atoms with Crippen molar-refractivity contribution in [3.05, 3.63) is 23.3 Å². The van der Waals surface area contributed by atoms with Gasteiger partial charge in [0, 0.05) is 12.0 Å². The Morgan fingerprint density at radius 1 is 1.06 bits per heavy atom. The van der Waals surface area contributed by atoms with Gasteiger partial charge in [0.15, 0.2) is 0 Å². The van der Waals surface area contributed by atoms with Gasteiger partial charge in [0.1, 0.15) is 0 Å². The van der Waals surface area contributed by atoms with Crippen molar-refractivity contribution in [3.8, 4) is 0 Å². The molecule has 2 heteroatoms. The number of allylic oxidation sites excluding steroid dienone is 3. The van der Waals surface area contributed by atoms with Crippen LogP contribution in [0.25, 0.3) is 0 Å². The van der Waals surface area contributed by atoms with Crippen LogP contribution in [0, 0.1) is 45.8 Å². The van der Waals surface area contributed by atoms with Gasteiger partial charge < -0.3 is 10.2 Å². The first kappa shape index (κ1) is 23.6. The van der Waals surface area contributed by atoms with Crippen LogP contribution in [0.3, 0.4) is 0 Å². The maximum Gasteiger partial charge on any atom is 0.0628 e. The smallest absolute Gasteiger partial charge is 0.0628 e. The summed E-state index contributed by atoms with van der Waals surface area (Å²) in [6.07, 6.45) is 15.6. The molecule has 0 heterocycles. The Hall–Kier alpha value is -0.600. The minimum Gasteiger partial charge on any atom is -0.396 e. The Kier molecular flexibility index (Phi) is 6.32. The Bertz CT molecular complexity index is 729. The number of rotatable bonds is 5. The zero-order chi connectivity index (χ0) is 22.6. The molecule has 4 rings (SSSR count).